The SMILES string of the molecule is O=C(C=Cc1ccc2c(c1)CCC2N(CCc1c[nH]c2ccccc12)Cc1cc(O)ccc1O)NO. The Hall–Kier alpha value is -4.07. The summed E-state index contributed by atoms with van der Waals surface area (Å²) >= 11 is 0. The van der Waals surface area contributed by atoms with Gasteiger partial charge in [-0.05, 0) is 71.9 Å². The fourth-order valence-electron chi connectivity index (χ4n) is 5.17. The smallest absolute Gasteiger partial charge is 0.267 e. The van der Waals surface area contributed by atoms with Crippen LogP contribution in [0.15, 0.2) is 72.9 Å². The molecule has 1 amide bonds. The summed E-state index contributed by atoms with van der Waals surface area (Å²) in [4.78, 5) is 17.1. The molecule has 7 heteroatoms. The van der Waals surface area contributed by atoms with Crippen molar-refractivity contribution in [3.63, 3.8) is 0 Å². The number of amides is 1. The van der Waals surface area contributed by atoms with Crippen LogP contribution in [0, 0.1) is 0 Å². The van der Waals surface area contributed by atoms with E-state index in [-0.39, 0.29) is 17.5 Å². The molecule has 5 N–H and O–H groups in total. The van der Waals surface area contributed by atoms with Crippen LogP contribution < -0.4 is 5.48 Å². The van der Waals surface area contributed by atoms with E-state index >= 15 is 0 Å². The van der Waals surface area contributed by atoms with E-state index in [0.29, 0.717) is 12.1 Å². The first kappa shape index (κ1) is 23.7. The van der Waals surface area contributed by atoms with Gasteiger partial charge < -0.3 is 15.2 Å². The first-order valence-electron chi connectivity index (χ1n) is 12.1. The van der Waals surface area contributed by atoms with Crippen LogP contribution in [-0.2, 0) is 24.2 Å². The molecule has 0 fully saturated rings. The number of fused-ring (bicyclic) bond motifs is 2. The molecule has 4 aromatic rings. The number of carbonyl (C=O) groups excluding carboxylic acids is 1. The Morgan fingerprint density at radius 3 is 2.81 bits per heavy atom. The van der Waals surface area contributed by atoms with Gasteiger partial charge in [0, 0.05) is 47.9 Å². The number of nitrogens with zero attached hydrogens (tertiary/aromatic N) is 1. The van der Waals surface area contributed by atoms with Gasteiger partial charge in [-0.25, -0.2) is 5.48 Å². The number of aromatic amines is 1. The van der Waals surface area contributed by atoms with Gasteiger partial charge in [0.2, 0.25) is 0 Å². The molecule has 7 nitrogen and oxygen atoms in total. The minimum atomic E-state index is -0.567. The van der Waals surface area contributed by atoms with Gasteiger partial charge in [-0.3, -0.25) is 14.9 Å². The number of phenols is 2. The summed E-state index contributed by atoms with van der Waals surface area (Å²) in [6.07, 6.45) is 7.73. The predicted octanol–water partition coefficient (Wildman–Crippen LogP) is 4.83. The molecule has 1 heterocycles. The number of aromatic nitrogens is 1. The summed E-state index contributed by atoms with van der Waals surface area (Å²) in [6, 6.07) is 19.2. The number of nitrogens with one attached hydrogen (secondary N) is 2. The number of hydrogen-bond acceptors (Lipinski definition) is 5. The van der Waals surface area contributed by atoms with Crippen molar-refractivity contribution in [1.82, 2.24) is 15.4 Å². The number of carbonyl (C=O) groups is 1. The largest absolute Gasteiger partial charge is 0.508 e. The Morgan fingerprint density at radius 1 is 1.08 bits per heavy atom. The van der Waals surface area contributed by atoms with E-state index in [2.05, 4.69) is 40.3 Å². The molecule has 36 heavy (non-hydrogen) atoms. The summed E-state index contributed by atoms with van der Waals surface area (Å²) in [7, 11) is 0. The van der Waals surface area contributed by atoms with Crippen LogP contribution in [-0.4, -0.2) is 37.8 Å². The lowest BCUT2D eigenvalue weighted by molar-refractivity contribution is -0.124. The highest BCUT2D eigenvalue weighted by Gasteiger charge is 2.29. The van der Waals surface area contributed by atoms with Gasteiger partial charge in [-0.15, -0.1) is 0 Å². The van der Waals surface area contributed by atoms with Crippen molar-refractivity contribution in [2.45, 2.75) is 31.8 Å². The number of rotatable bonds is 8. The number of para-hydroxylation sites is 1. The lowest BCUT2D eigenvalue weighted by atomic mass is 10.0. The second kappa shape index (κ2) is 10.3. The van der Waals surface area contributed by atoms with E-state index in [9.17, 15) is 15.0 Å². The van der Waals surface area contributed by atoms with E-state index in [1.807, 2.05) is 18.2 Å². The predicted molar refractivity (Wildman–Crippen MR) is 139 cm³/mol. The van der Waals surface area contributed by atoms with Crippen LogP contribution in [0.3, 0.4) is 0 Å². The molecular weight excluding hydrogens is 454 g/mol. The highest BCUT2D eigenvalue weighted by atomic mass is 16.5. The molecule has 0 saturated heterocycles. The Labute approximate surface area is 209 Å². The summed E-state index contributed by atoms with van der Waals surface area (Å²) in [5.41, 5.74) is 8.02. The zero-order chi connectivity index (χ0) is 25.1. The quantitative estimate of drug-likeness (QED) is 0.107. The molecule has 1 aliphatic rings. The van der Waals surface area contributed by atoms with E-state index in [0.717, 1.165) is 36.9 Å². The first-order valence-corrected chi connectivity index (χ1v) is 12.1. The van der Waals surface area contributed by atoms with Gasteiger partial charge in [-0.2, -0.15) is 0 Å². The molecular formula is C29H29N3O4. The number of aryl methyl sites for hydroxylation is 1. The minimum Gasteiger partial charge on any atom is -0.508 e. The summed E-state index contributed by atoms with van der Waals surface area (Å²) in [5, 5.41) is 30.4. The third-order valence-electron chi connectivity index (χ3n) is 6.97. The zero-order valence-electron chi connectivity index (χ0n) is 19.8. The molecule has 184 valence electrons. The lowest BCUT2D eigenvalue weighted by Crippen LogP contribution is -2.29. The maximum absolute atomic E-state index is 11.3. The molecule has 0 spiro atoms. The van der Waals surface area contributed by atoms with Crippen LogP contribution in [0.25, 0.3) is 17.0 Å². The second-order valence-corrected chi connectivity index (χ2v) is 9.22. The van der Waals surface area contributed by atoms with Crippen molar-refractivity contribution < 1.29 is 20.2 Å². The van der Waals surface area contributed by atoms with Crippen molar-refractivity contribution in [2.24, 2.45) is 0 Å². The van der Waals surface area contributed by atoms with E-state index in [1.54, 1.807) is 17.6 Å². The van der Waals surface area contributed by atoms with Crippen molar-refractivity contribution in [3.8, 4) is 11.5 Å². The van der Waals surface area contributed by atoms with Gasteiger partial charge >= 0.3 is 0 Å². The van der Waals surface area contributed by atoms with E-state index in [4.69, 9.17) is 5.21 Å². The number of phenolic OH excluding ortho intramolecular Hbond substituents is 2. The van der Waals surface area contributed by atoms with Crippen LogP contribution in [0.1, 0.15) is 40.3 Å². The van der Waals surface area contributed by atoms with Crippen LogP contribution in [0.2, 0.25) is 0 Å². The van der Waals surface area contributed by atoms with Gasteiger partial charge in [0.05, 0.1) is 0 Å². The van der Waals surface area contributed by atoms with Crippen LogP contribution >= 0.6 is 0 Å². The molecule has 0 saturated carbocycles. The Balaban J connectivity index is 1.42. The standard InChI is InChI=1S/C29H29N3O4/c33-23-8-11-28(34)22(16-23)18-32(14-13-21-17-30-26-4-2-1-3-24(21)26)27-10-7-20-15-19(5-9-25(20)27)6-12-29(35)31-36/h1-6,8-9,11-12,15-17,27,30,33-34,36H,7,10,13-14,18H2,(H,31,35). The monoisotopic (exact) mass is 483 g/mol. The Kier molecular flexibility index (Phi) is 6.75. The molecule has 0 aliphatic heterocycles. The van der Waals surface area contributed by atoms with Gasteiger partial charge in [0.25, 0.3) is 5.91 Å². The number of hydroxylamine groups is 1. The first-order chi connectivity index (χ1) is 17.5. The van der Waals surface area contributed by atoms with Gasteiger partial charge in [0.15, 0.2) is 0 Å². The van der Waals surface area contributed by atoms with Crippen molar-refractivity contribution in [1.29, 1.82) is 0 Å². The number of aromatic hydroxyl groups is 2. The highest BCUT2D eigenvalue weighted by Crippen LogP contribution is 2.38. The summed E-state index contributed by atoms with van der Waals surface area (Å²) < 4.78 is 0. The Bertz CT molecular complexity index is 1430. The fourth-order valence-corrected chi connectivity index (χ4v) is 5.17. The average Bonchev–Trinajstić information content (AvgIpc) is 3.51. The number of benzene rings is 3. The van der Waals surface area contributed by atoms with Gasteiger partial charge in [-0.1, -0.05) is 36.4 Å². The Morgan fingerprint density at radius 2 is 1.94 bits per heavy atom. The molecule has 5 rings (SSSR count). The second-order valence-electron chi connectivity index (χ2n) is 9.22. The molecule has 0 radical (unpaired) electrons. The summed E-state index contributed by atoms with van der Waals surface area (Å²) in [6.45, 7) is 1.28. The van der Waals surface area contributed by atoms with Gasteiger partial charge in [0.1, 0.15) is 11.5 Å². The lowest BCUT2D eigenvalue weighted by Gasteiger charge is -2.30. The zero-order valence-corrected chi connectivity index (χ0v) is 19.8. The molecule has 1 aromatic heterocycles. The maximum atomic E-state index is 11.3. The number of H-pyrrole nitrogens is 1. The van der Waals surface area contributed by atoms with E-state index in [1.165, 1.54) is 40.3 Å². The molecule has 1 atom stereocenters. The molecule has 0 bridgehead atoms. The van der Waals surface area contributed by atoms with Crippen molar-refractivity contribution in [3.05, 3.63) is 101 Å². The average molecular weight is 484 g/mol. The summed E-state index contributed by atoms with van der Waals surface area (Å²) in [5.74, 6) is -0.261. The fraction of sp³-hybridized carbons (Fsp3) is 0.207. The molecule has 3 aromatic carbocycles. The maximum Gasteiger partial charge on any atom is 0.267 e. The molecule has 1 aliphatic carbocycles. The van der Waals surface area contributed by atoms with Crippen molar-refractivity contribution >= 4 is 22.9 Å². The third kappa shape index (κ3) is 4.98. The number of hydrogen-bond donors (Lipinski definition) is 5. The molecule has 1 unspecified atom stereocenters. The third-order valence-corrected chi connectivity index (χ3v) is 6.97. The van der Waals surface area contributed by atoms with E-state index < -0.39 is 5.91 Å². The topological polar surface area (TPSA) is 109 Å². The minimum absolute atomic E-state index is 0.134. The normalized spacial score (nSPS) is 15.1. The van der Waals surface area contributed by atoms with Crippen LogP contribution in [0.5, 0.6) is 11.5 Å². The van der Waals surface area contributed by atoms with Crippen LogP contribution in [0.4, 0.5) is 0 Å². The van der Waals surface area contributed by atoms with Crippen molar-refractivity contribution in [2.75, 3.05) is 6.54 Å². The highest BCUT2D eigenvalue weighted by molar-refractivity contribution is 5.90.